The third-order valence-electron chi connectivity index (χ3n) is 4.86. The first kappa shape index (κ1) is 31.1. The largest absolute Gasteiger partial charge is 0.368 e. The van der Waals surface area contributed by atoms with Gasteiger partial charge in [0.1, 0.15) is 23.9 Å². The molecule has 2 unspecified atom stereocenters. The van der Waals surface area contributed by atoms with Crippen LogP contribution < -0.4 is 16.0 Å². The summed E-state index contributed by atoms with van der Waals surface area (Å²) < 4.78 is 0. The Balaban J connectivity index is 0.000000826. The summed E-state index contributed by atoms with van der Waals surface area (Å²) in [6.45, 7) is 12.9. The molecule has 2 atom stereocenters. The fraction of sp³-hybridized carbons (Fsp3) is 0.385. The Bertz CT molecular complexity index is 1030. The van der Waals surface area contributed by atoms with Crippen molar-refractivity contribution in [3.8, 4) is 0 Å². The van der Waals surface area contributed by atoms with E-state index in [0.29, 0.717) is 42.0 Å². The average molecular weight is 535 g/mol. The van der Waals surface area contributed by atoms with E-state index >= 15 is 0 Å². The number of carbonyl (C=O) groups is 1. The van der Waals surface area contributed by atoms with Gasteiger partial charge < -0.3 is 20.9 Å². The third-order valence-corrected chi connectivity index (χ3v) is 5.37. The Hall–Kier alpha value is -2.94. The molecule has 1 amide bonds. The summed E-state index contributed by atoms with van der Waals surface area (Å²) in [5.41, 5.74) is 6.85. The lowest BCUT2D eigenvalue weighted by molar-refractivity contribution is -0.120. The summed E-state index contributed by atoms with van der Waals surface area (Å²) >= 11 is 11.8. The summed E-state index contributed by atoms with van der Waals surface area (Å²) in [7, 11) is 1.90. The van der Waals surface area contributed by atoms with Gasteiger partial charge in [0.2, 0.25) is 5.91 Å². The zero-order valence-corrected chi connectivity index (χ0v) is 23.2. The Morgan fingerprint density at radius 2 is 2.06 bits per heavy atom. The number of rotatable bonds is 6. The molecule has 2 heterocycles. The summed E-state index contributed by atoms with van der Waals surface area (Å²) in [4.78, 5) is 28.9. The van der Waals surface area contributed by atoms with Gasteiger partial charge in [0.15, 0.2) is 5.82 Å². The Morgan fingerprint density at radius 3 is 2.64 bits per heavy atom. The zero-order chi connectivity index (χ0) is 27.1. The van der Waals surface area contributed by atoms with Crippen molar-refractivity contribution in [1.29, 1.82) is 0 Å². The number of nitrogens with one attached hydrogen (secondary N) is 1. The van der Waals surface area contributed by atoms with E-state index in [1.54, 1.807) is 12.3 Å². The normalized spacial score (nSPS) is 16.2. The van der Waals surface area contributed by atoms with Gasteiger partial charge in [0.25, 0.3) is 0 Å². The molecule has 0 bridgehead atoms. The minimum absolute atomic E-state index is 0.120. The molecular formula is C26H37Cl2N7O. The SMILES string of the molecule is C/C=C/N(C)C(=Nc1cncnc1N1CCNC(C(N)=O)C1)c1ccccc1Cl.C=CC(C)Cl.CC. The van der Waals surface area contributed by atoms with Crippen LogP contribution in [0, 0.1) is 0 Å². The van der Waals surface area contributed by atoms with Crippen molar-refractivity contribution >= 4 is 46.4 Å². The Kier molecular flexibility index (Phi) is 14.4. The van der Waals surface area contributed by atoms with Crippen LogP contribution in [-0.4, -0.2) is 64.7 Å². The third kappa shape index (κ3) is 9.60. The topological polar surface area (TPSA) is 99.7 Å². The van der Waals surface area contributed by atoms with Gasteiger partial charge >= 0.3 is 0 Å². The summed E-state index contributed by atoms with van der Waals surface area (Å²) in [6, 6.07) is 7.09. The molecule has 0 saturated carbocycles. The van der Waals surface area contributed by atoms with Crippen LogP contribution in [0.2, 0.25) is 5.02 Å². The van der Waals surface area contributed by atoms with Crippen LogP contribution in [0.5, 0.6) is 0 Å². The highest BCUT2D eigenvalue weighted by molar-refractivity contribution is 6.34. The van der Waals surface area contributed by atoms with Crippen molar-refractivity contribution in [2.45, 2.75) is 39.1 Å². The Labute approximate surface area is 224 Å². The number of amides is 1. The van der Waals surface area contributed by atoms with Crippen LogP contribution in [0.3, 0.4) is 0 Å². The van der Waals surface area contributed by atoms with Gasteiger partial charge in [-0.15, -0.1) is 18.2 Å². The van der Waals surface area contributed by atoms with E-state index < -0.39 is 11.9 Å². The number of primary amides is 1. The van der Waals surface area contributed by atoms with Gasteiger partial charge in [-0.1, -0.05) is 49.7 Å². The van der Waals surface area contributed by atoms with Crippen molar-refractivity contribution in [3.63, 3.8) is 0 Å². The highest BCUT2D eigenvalue weighted by atomic mass is 35.5. The molecule has 0 aliphatic carbocycles. The van der Waals surface area contributed by atoms with Crippen LogP contribution in [0.25, 0.3) is 0 Å². The van der Waals surface area contributed by atoms with Crippen LogP contribution >= 0.6 is 23.2 Å². The minimum atomic E-state index is -0.440. The number of hydrogen-bond donors (Lipinski definition) is 2. The number of halogens is 2. The molecule has 1 fully saturated rings. The first-order chi connectivity index (χ1) is 17.3. The molecule has 1 aliphatic heterocycles. The summed E-state index contributed by atoms with van der Waals surface area (Å²) in [5, 5.41) is 3.83. The predicted octanol–water partition coefficient (Wildman–Crippen LogP) is 4.76. The van der Waals surface area contributed by atoms with E-state index in [4.69, 9.17) is 33.9 Å². The number of nitrogens with zero attached hydrogens (tertiary/aromatic N) is 5. The molecule has 36 heavy (non-hydrogen) atoms. The summed E-state index contributed by atoms with van der Waals surface area (Å²) in [6.07, 6.45) is 8.63. The first-order valence-corrected chi connectivity index (χ1v) is 12.6. The fourth-order valence-electron chi connectivity index (χ4n) is 3.15. The van der Waals surface area contributed by atoms with Crippen molar-refractivity contribution in [3.05, 3.63) is 72.3 Å². The van der Waals surface area contributed by atoms with E-state index in [9.17, 15) is 4.79 Å². The fourth-order valence-corrected chi connectivity index (χ4v) is 3.37. The van der Waals surface area contributed by atoms with Gasteiger partial charge in [0, 0.05) is 43.8 Å². The molecule has 10 heteroatoms. The molecule has 196 valence electrons. The van der Waals surface area contributed by atoms with E-state index in [0.717, 1.165) is 5.56 Å². The smallest absolute Gasteiger partial charge is 0.236 e. The van der Waals surface area contributed by atoms with E-state index in [1.807, 2.05) is 81.1 Å². The first-order valence-electron chi connectivity index (χ1n) is 11.8. The molecule has 1 aromatic carbocycles. The number of alkyl halides is 1. The van der Waals surface area contributed by atoms with Crippen LogP contribution in [0.1, 0.15) is 33.3 Å². The van der Waals surface area contributed by atoms with E-state index in [1.165, 1.54) is 6.33 Å². The highest BCUT2D eigenvalue weighted by Crippen LogP contribution is 2.28. The number of carbonyl (C=O) groups excluding carboxylic acids is 1. The number of amidine groups is 1. The molecule has 8 nitrogen and oxygen atoms in total. The lowest BCUT2D eigenvalue weighted by Crippen LogP contribution is -2.56. The number of hydrogen-bond acceptors (Lipinski definition) is 6. The molecular weight excluding hydrogens is 497 g/mol. The number of nitrogens with two attached hydrogens (primary N) is 1. The van der Waals surface area contributed by atoms with Gasteiger partial charge in [-0.05, 0) is 26.0 Å². The second-order valence-electron chi connectivity index (χ2n) is 7.51. The number of allylic oxidation sites excluding steroid dienone is 2. The molecule has 0 radical (unpaired) electrons. The van der Waals surface area contributed by atoms with Gasteiger partial charge in [-0.2, -0.15) is 0 Å². The number of piperazine rings is 1. The highest BCUT2D eigenvalue weighted by Gasteiger charge is 2.26. The average Bonchev–Trinajstić information content (AvgIpc) is 2.89. The maximum absolute atomic E-state index is 11.6. The molecule has 0 spiro atoms. The van der Waals surface area contributed by atoms with Crippen molar-refractivity contribution in [2.75, 3.05) is 31.6 Å². The number of aromatic nitrogens is 2. The van der Waals surface area contributed by atoms with Gasteiger partial charge in [-0.3, -0.25) is 4.79 Å². The van der Waals surface area contributed by atoms with E-state index in [2.05, 4.69) is 21.9 Å². The van der Waals surface area contributed by atoms with Crippen LogP contribution in [0.4, 0.5) is 11.5 Å². The number of benzene rings is 1. The quantitative estimate of drug-likeness (QED) is 0.240. The minimum Gasteiger partial charge on any atom is -0.368 e. The van der Waals surface area contributed by atoms with Crippen molar-refractivity contribution in [2.24, 2.45) is 10.7 Å². The van der Waals surface area contributed by atoms with Crippen LogP contribution in [-0.2, 0) is 4.79 Å². The lowest BCUT2D eigenvalue weighted by atomic mass is 10.2. The number of aliphatic imine (C=N–C) groups is 1. The van der Waals surface area contributed by atoms with E-state index in [-0.39, 0.29) is 5.38 Å². The molecule has 2 aromatic rings. The van der Waals surface area contributed by atoms with Gasteiger partial charge in [-0.25, -0.2) is 15.0 Å². The monoisotopic (exact) mass is 533 g/mol. The Morgan fingerprint density at radius 1 is 1.39 bits per heavy atom. The predicted molar refractivity (Wildman–Crippen MR) is 152 cm³/mol. The maximum Gasteiger partial charge on any atom is 0.236 e. The molecule has 3 N–H and O–H groups in total. The molecule has 1 saturated heterocycles. The molecule has 3 rings (SSSR count). The maximum atomic E-state index is 11.6. The second-order valence-corrected chi connectivity index (χ2v) is 8.60. The lowest BCUT2D eigenvalue weighted by Gasteiger charge is -2.33. The summed E-state index contributed by atoms with van der Waals surface area (Å²) in [5.74, 6) is 0.913. The number of anilines is 1. The molecule has 1 aromatic heterocycles. The standard InChI is InChI=1S/C20H24ClN7O.C4H7Cl.C2H6/c1-3-9-27(2)19(14-6-4-5-7-15(14)21)26-16-11-23-13-25-20(16)28-10-8-24-17(12-28)18(22)29;1-3-4(2)5;1-2/h3-7,9,11,13,17,24H,8,10,12H2,1-2H3,(H2,22,29);3-4H,1H2,2H3;1-2H3/b9-3+,26-19?;;. The molecule has 1 aliphatic rings. The van der Waals surface area contributed by atoms with Crippen molar-refractivity contribution in [1.82, 2.24) is 20.2 Å². The zero-order valence-electron chi connectivity index (χ0n) is 21.7. The van der Waals surface area contributed by atoms with Gasteiger partial charge in [0.05, 0.1) is 11.2 Å². The van der Waals surface area contributed by atoms with Crippen molar-refractivity contribution < 1.29 is 4.79 Å². The second kappa shape index (κ2) is 16.7. The van der Waals surface area contributed by atoms with Crippen LogP contribution in [0.15, 0.2) is 66.7 Å².